The zero-order valence-electron chi connectivity index (χ0n) is 22.6. The summed E-state index contributed by atoms with van der Waals surface area (Å²) in [6.45, 7) is 4.17. The molecule has 218 valence electrons. The van der Waals surface area contributed by atoms with Crippen molar-refractivity contribution in [3.63, 3.8) is 0 Å². The summed E-state index contributed by atoms with van der Waals surface area (Å²) in [4.78, 5) is 14.6. The molecule has 42 heavy (non-hydrogen) atoms. The van der Waals surface area contributed by atoms with Crippen LogP contribution in [0.3, 0.4) is 0 Å². The van der Waals surface area contributed by atoms with E-state index in [-0.39, 0.29) is 35.1 Å². The number of amides is 1. The largest absolute Gasteiger partial charge is 0.419 e. The van der Waals surface area contributed by atoms with Crippen molar-refractivity contribution in [2.45, 2.75) is 57.0 Å². The van der Waals surface area contributed by atoms with Gasteiger partial charge in [-0.15, -0.1) is 10.2 Å². The zero-order valence-corrected chi connectivity index (χ0v) is 22.6. The number of carbonyl (C=O) groups excluding carboxylic acids is 1. The lowest BCUT2D eigenvalue weighted by Gasteiger charge is -2.26. The molecule has 2 aromatic heterocycles. The molecule has 1 amide bonds. The predicted octanol–water partition coefficient (Wildman–Crippen LogP) is 5.33. The first-order chi connectivity index (χ1) is 19.6. The van der Waals surface area contributed by atoms with Gasteiger partial charge in [-0.3, -0.25) is 4.79 Å². The molecule has 5 rings (SSSR count). The van der Waals surface area contributed by atoms with Crippen LogP contribution in [-0.4, -0.2) is 31.9 Å². The highest BCUT2D eigenvalue weighted by Gasteiger charge is 2.42. The number of aromatic nitrogens is 4. The van der Waals surface area contributed by atoms with Crippen molar-refractivity contribution in [3.8, 4) is 23.2 Å². The van der Waals surface area contributed by atoms with Crippen molar-refractivity contribution in [3.05, 3.63) is 77.2 Å². The Bertz CT molecular complexity index is 1700. The minimum atomic E-state index is -4.55. The third kappa shape index (κ3) is 5.23. The van der Waals surface area contributed by atoms with Gasteiger partial charge in [0.15, 0.2) is 0 Å². The van der Waals surface area contributed by atoms with E-state index in [9.17, 15) is 23.2 Å². The third-order valence-electron chi connectivity index (χ3n) is 7.05. The SMILES string of the molecule is CC(C)(C#N)c1nnc(-c2cc3c(cc2F)[C@](C)(F)C[C@H](N)C(=O)N3Cc2ccc(-n3cc(C(F)(F)F)cn3)cc2)o1. The van der Waals surface area contributed by atoms with E-state index < -0.39 is 47.0 Å². The smallest absolute Gasteiger partial charge is 0.419 e. The van der Waals surface area contributed by atoms with Gasteiger partial charge in [-0.2, -0.15) is 23.5 Å². The number of nitrogens with two attached hydrogens (primary N) is 1. The Labute approximate surface area is 236 Å². The minimum Gasteiger partial charge on any atom is -0.419 e. The molecule has 1 aliphatic rings. The fraction of sp³-hybridized carbons (Fsp3) is 0.321. The van der Waals surface area contributed by atoms with E-state index in [0.717, 1.165) is 16.9 Å². The maximum Gasteiger partial charge on any atom is 0.419 e. The number of carbonyl (C=O) groups is 1. The summed E-state index contributed by atoms with van der Waals surface area (Å²) < 4.78 is 76.8. The lowest BCUT2D eigenvalue weighted by molar-refractivity contribution is -0.137. The normalized spacial score (nSPS) is 19.4. The first kappa shape index (κ1) is 28.9. The highest BCUT2D eigenvalue weighted by atomic mass is 19.4. The number of alkyl halides is 4. The van der Waals surface area contributed by atoms with E-state index in [0.29, 0.717) is 17.4 Å². The standard InChI is InChI=1S/C28H24F5N7O2/c1-26(2,14-34)25-38-37-23(42-25)18-8-22-19(9-20(18)29)27(3,30)10-21(35)24(41)39(22)12-15-4-6-17(7-5-15)40-13-16(11-36-40)28(31,32)33/h4-9,11,13,21H,10,12,35H2,1-3H3/t21-,27+/m0/s1. The van der Waals surface area contributed by atoms with E-state index >= 15 is 8.78 Å². The molecule has 2 N–H and O–H groups in total. The summed E-state index contributed by atoms with van der Waals surface area (Å²) in [5.41, 5.74) is 2.39. The maximum absolute atomic E-state index is 15.9. The van der Waals surface area contributed by atoms with Crippen LogP contribution in [0.2, 0.25) is 0 Å². The number of anilines is 1. The Morgan fingerprint density at radius 3 is 2.50 bits per heavy atom. The predicted molar refractivity (Wildman–Crippen MR) is 139 cm³/mol. The van der Waals surface area contributed by atoms with E-state index in [4.69, 9.17) is 10.2 Å². The van der Waals surface area contributed by atoms with Gasteiger partial charge in [-0.1, -0.05) is 12.1 Å². The summed E-state index contributed by atoms with van der Waals surface area (Å²) in [5.74, 6) is -1.83. The van der Waals surface area contributed by atoms with Crippen molar-refractivity contribution < 1.29 is 31.2 Å². The fourth-order valence-corrected chi connectivity index (χ4v) is 4.64. The first-order valence-electron chi connectivity index (χ1n) is 12.7. The maximum atomic E-state index is 15.9. The van der Waals surface area contributed by atoms with Crippen LogP contribution in [0.1, 0.15) is 49.8 Å². The molecule has 0 aliphatic carbocycles. The van der Waals surface area contributed by atoms with Crippen molar-refractivity contribution in [2.75, 3.05) is 4.90 Å². The van der Waals surface area contributed by atoms with Crippen LogP contribution in [0, 0.1) is 17.1 Å². The van der Waals surface area contributed by atoms with Crippen LogP contribution in [0.5, 0.6) is 0 Å². The molecule has 1 aliphatic heterocycles. The van der Waals surface area contributed by atoms with Gasteiger partial charge in [-0.25, -0.2) is 13.5 Å². The average molecular weight is 586 g/mol. The Morgan fingerprint density at radius 1 is 1.19 bits per heavy atom. The number of benzene rings is 2. The molecule has 2 aromatic carbocycles. The third-order valence-corrected chi connectivity index (χ3v) is 7.05. The van der Waals surface area contributed by atoms with E-state index in [1.54, 1.807) is 26.0 Å². The van der Waals surface area contributed by atoms with Gasteiger partial charge >= 0.3 is 6.18 Å². The number of fused-ring (bicyclic) bond motifs is 1. The van der Waals surface area contributed by atoms with Crippen LogP contribution < -0.4 is 10.6 Å². The molecule has 14 heteroatoms. The lowest BCUT2D eigenvalue weighted by atomic mass is 9.90. The second kappa shape index (κ2) is 10.0. The molecule has 0 radical (unpaired) electrons. The molecule has 0 saturated heterocycles. The summed E-state index contributed by atoms with van der Waals surface area (Å²) in [5, 5.41) is 20.8. The van der Waals surface area contributed by atoms with Gasteiger partial charge in [-0.05, 0) is 50.6 Å². The Morgan fingerprint density at radius 2 is 1.88 bits per heavy atom. The van der Waals surface area contributed by atoms with Crippen LogP contribution in [0.15, 0.2) is 53.2 Å². The molecule has 9 nitrogen and oxygen atoms in total. The molecule has 0 saturated carbocycles. The fourth-order valence-electron chi connectivity index (χ4n) is 4.64. The van der Waals surface area contributed by atoms with E-state index in [1.807, 2.05) is 6.07 Å². The zero-order chi connectivity index (χ0) is 30.6. The van der Waals surface area contributed by atoms with Crippen LogP contribution in [0.4, 0.5) is 27.6 Å². The first-order valence-corrected chi connectivity index (χ1v) is 12.7. The van der Waals surface area contributed by atoms with Gasteiger partial charge in [0.25, 0.3) is 5.89 Å². The topological polar surface area (TPSA) is 127 Å². The number of nitriles is 1. The Balaban J connectivity index is 1.54. The minimum absolute atomic E-state index is 0.0274. The molecule has 0 unspecified atom stereocenters. The second-order valence-corrected chi connectivity index (χ2v) is 10.8. The Hall–Kier alpha value is -4.64. The van der Waals surface area contributed by atoms with Crippen LogP contribution in [0.25, 0.3) is 17.1 Å². The van der Waals surface area contributed by atoms with Crippen molar-refractivity contribution in [1.82, 2.24) is 20.0 Å². The average Bonchev–Trinajstić information content (AvgIpc) is 3.61. The van der Waals surface area contributed by atoms with Gasteiger partial charge in [0.2, 0.25) is 11.8 Å². The van der Waals surface area contributed by atoms with Gasteiger partial charge < -0.3 is 15.1 Å². The summed E-state index contributed by atoms with van der Waals surface area (Å²) in [6, 6.07) is 9.11. The summed E-state index contributed by atoms with van der Waals surface area (Å²) in [6.07, 6.45) is -3.40. The summed E-state index contributed by atoms with van der Waals surface area (Å²) in [7, 11) is 0. The van der Waals surface area contributed by atoms with E-state index in [2.05, 4.69) is 15.3 Å². The summed E-state index contributed by atoms with van der Waals surface area (Å²) >= 11 is 0. The number of halogens is 5. The monoisotopic (exact) mass is 585 g/mol. The molecule has 3 heterocycles. The molecule has 2 atom stereocenters. The molecule has 0 fully saturated rings. The van der Waals surface area contributed by atoms with Gasteiger partial charge in [0.1, 0.15) is 16.9 Å². The van der Waals surface area contributed by atoms with Crippen LogP contribution >= 0.6 is 0 Å². The van der Waals surface area contributed by atoms with Crippen molar-refractivity contribution in [2.24, 2.45) is 5.73 Å². The van der Waals surface area contributed by atoms with Crippen LogP contribution in [-0.2, 0) is 28.6 Å². The number of hydrogen-bond acceptors (Lipinski definition) is 7. The quantitative estimate of drug-likeness (QED) is 0.314. The van der Waals surface area contributed by atoms with Gasteiger partial charge in [0, 0.05) is 18.2 Å². The molecule has 4 aromatic rings. The van der Waals surface area contributed by atoms with Crippen molar-refractivity contribution >= 4 is 11.6 Å². The highest BCUT2D eigenvalue weighted by Crippen LogP contribution is 2.44. The second-order valence-electron chi connectivity index (χ2n) is 10.8. The van der Waals surface area contributed by atoms with Crippen molar-refractivity contribution in [1.29, 1.82) is 5.26 Å². The lowest BCUT2D eigenvalue weighted by Crippen LogP contribution is -2.43. The van der Waals surface area contributed by atoms with Gasteiger partial charge in [0.05, 0.1) is 47.4 Å². The molecular weight excluding hydrogens is 561 g/mol. The number of hydrogen-bond donors (Lipinski definition) is 1. The molecule has 0 bridgehead atoms. The Kier molecular flexibility index (Phi) is 6.89. The molecular formula is C28H24F5N7O2. The highest BCUT2D eigenvalue weighted by molar-refractivity contribution is 5.99. The van der Waals surface area contributed by atoms with E-state index in [1.165, 1.54) is 30.0 Å². The number of nitrogens with zero attached hydrogens (tertiary/aromatic N) is 6. The molecule has 0 spiro atoms. The number of rotatable bonds is 5.